The van der Waals surface area contributed by atoms with Gasteiger partial charge in [0, 0.05) is 13.1 Å². The molecular formula is C27H35N3O8S. The summed E-state index contributed by atoms with van der Waals surface area (Å²) in [5.41, 5.74) is 1.22. The molecule has 2 heterocycles. The maximum Gasteiger partial charge on any atom is 0.258 e. The molecule has 0 amide bonds. The van der Waals surface area contributed by atoms with E-state index in [1.54, 1.807) is 0 Å². The van der Waals surface area contributed by atoms with Crippen LogP contribution in [0.1, 0.15) is 24.3 Å². The van der Waals surface area contributed by atoms with Crippen LogP contribution >= 0.6 is 0 Å². The van der Waals surface area contributed by atoms with Crippen molar-refractivity contribution in [1.29, 1.82) is 0 Å². The van der Waals surface area contributed by atoms with Crippen molar-refractivity contribution in [2.24, 2.45) is 0 Å². The molecule has 0 aliphatic carbocycles. The normalized spacial score (nSPS) is 15.1. The van der Waals surface area contributed by atoms with Crippen molar-refractivity contribution in [3.63, 3.8) is 0 Å². The molecule has 1 saturated heterocycles. The van der Waals surface area contributed by atoms with Gasteiger partial charge in [-0.2, -0.15) is 4.31 Å². The van der Waals surface area contributed by atoms with E-state index in [0.29, 0.717) is 83.1 Å². The Hall–Kier alpha value is -2.87. The van der Waals surface area contributed by atoms with Crippen LogP contribution < -0.4 is 10.3 Å². The van der Waals surface area contributed by atoms with E-state index < -0.39 is 10.0 Å². The molecule has 2 aromatic carbocycles. The minimum atomic E-state index is -3.68. The Morgan fingerprint density at radius 2 is 1.54 bits per heavy atom. The topological polar surface area (TPSA) is 140 Å². The molecule has 11 nitrogen and oxygen atoms in total. The van der Waals surface area contributed by atoms with Crippen LogP contribution in [0.25, 0.3) is 10.9 Å². The number of hydrogen-bond acceptors (Lipinski definition) is 9. The number of fused-ring (bicyclic) bond motifs is 1. The largest absolute Gasteiger partial charge is 0.491 e. The molecule has 39 heavy (non-hydrogen) atoms. The minimum Gasteiger partial charge on any atom is -0.491 e. The second kappa shape index (κ2) is 14.5. The molecule has 4 rings (SSSR count). The predicted molar refractivity (Wildman–Crippen MR) is 145 cm³/mol. The van der Waals surface area contributed by atoms with Crippen LogP contribution in [0.15, 0.2) is 58.5 Å². The third-order valence-electron chi connectivity index (χ3n) is 6.53. The quantitative estimate of drug-likeness (QED) is 0.266. The van der Waals surface area contributed by atoms with Crippen LogP contribution in [0.5, 0.6) is 5.75 Å². The van der Waals surface area contributed by atoms with Gasteiger partial charge in [-0.15, -0.1) is 0 Å². The zero-order chi connectivity index (χ0) is 27.5. The number of aliphatic hydroxyl groups is 1. The van der Waals surface area contributed by atoms with Crippen LogP contribution in [0.3, 0.4) is 0 Å². The van der Waals surface area contributed by atoms with Gasteiger partial charge in [-0.25, -0.2) is 13.4 Å². The Morgan fingerprint density at radius 3 is 2.21 bits per heavy atom. The first-order chi connectivity index (χ1) is 19.0. The lowest BCUT2D eigenvalue weighted by atomic mass is 9.90. The lowest BCUT2D eigenvalue weighted by molar-refractivity contribution is 0.00361. The van der Waals surface area contributed by atoms with E-state index in [-0.39, 0.29) is 23.0 Å². The molecule has 0 spiro atoms. The highest BCUT2D eigenvalue weighted by molar-refractivity contribution is 7.89. The van der Waals surface area contributed by atoms with Gasteiger partial charge in [-0.05, 0) is 54.7 Å². The number of piperidine rings is 1. The summed E-state index contributed by atoms with van der Waals surface area (Å²) >= 11 is 0. The first-order valence-electron chi connectivity index (χ1n) is 13.0. The van der Waals surface area contributed by atoms with E-state index in [0.717, 1.165) is 11.3 Å². The van der Waals surface area contributed by atoms with Gasteiger partial charge in [0.25, 0.3) is 5.56 Å². The van der Waals surface area contributed by atoms with Crippen LogP contribution in [0.2, 0.25) is 0 Å². The fourth-order valence-corrected chi connectivity index (χ4v) is 5.94. The number of hydrogen-bond donors (Lipinski definition) is 2. The number of aliphatic hydroxyl groups excluding tert-OH is 1. The van der Waals surface area contributed by atoms with Crippen LogP contribution in [-0.2, 0) is 24.2 Å². The molecule has 0 radical (unpaired) electrons. The van der Waals surface area contributed by atoms with Gasteiger partial charge >= 0.3 is 0 Å². The summed E-state index contributed by atoms with van der Waals surface area (Å²) in [7, 11) is -3.68. The van der Waals surface area contributed by atoms with E-state index in [9.17, 15) is 13.2 Å². The fraction of sp³-hybridized carbons (Fsp3) is 0.481. The van der Waals surface area contributed by atoms with Crippen molar-refractivity contribution in [3.8, 4) is 5.75 Å². The van der Waals surface area contributed by atoms with Crippen molar-refractivity contribution in [1.82, 2.24) is 14.3 Å². The lowest BCUT2D eigenvalue weighted by Crippen LogP contribution is -2.37. The van der Waals surface area contributed by atoms with Gasteiger partial charge in [-0.3, -0.25) is 4.79 Å². The van der Waals surface area contributed by atoms with Crippen molar-refractivity contribution >= 4 is 20.9 Å². The number of benzene rings is 2. The van der Waals surface area contributed by atoms with E-state index in [1.807, 2.05) is 24.3 Å². The summed E-state index contributed by atoms with van der Waals surface area (Å²) in [5.74, 6) is 1.02. The molecule has 0 unspecified atom stereocenters. The number of nitrogens with one attached hydrogen (secondary N) is 1. The molecule has 212 valence electrons. The van der Waals surface area contributed by atoms with Gasteiger partial charge in [-0.1, -0.05) is 12.1 Å². The Bertz CT molecular complexity index is 1340. The monoisotopic (exact) mass is 561 g/mol. The maximum absolute atomic E-state index is 13.2. The van der Waals surface area contributed by atoms with Crippen LogP contribution in [-0.4, -0.2) is 93.7 Å². The van der Waals surface area contributed by atoms with Crippen LogP contribution in [0, 0.1) is 0 Å². The Kier molecular flexibility index (Phi) is 10.8. The number of aromatic amines is 1. The molecule has 1 aliphatic heterocycles. The van der Waals surface area contributed by atoms with Crippen molar-refractivity contribution < 1.29 is 32.5 Å². The molecule has 0 atom stereocenters. The summed E-state index contributed by atoms with van der Waals surface area (Å²) in [6, 6.07) is 12.4. The molecule has 0 saturated carbocycles. The fourth-order valence-electron chi connectivity index (χ4n) is 4.45. The average Bonchev–Trinajstić information content (AvgIpc) is 2.96. The molecular weight excluding hydrogens is 526 g/mol. The molecule has 0 bridgehead atoms. The van der Waals surface area contributed by atoms with E-state index in [1.165, 1.54) is 28.8 Å². The highest BCUT2D eigenvalue weighted by atomic mass is 32.2. The molecule has 1 aromatic heterocycles. The standard InChI is InChI=1S/C27H35N3O8S/c31-11-12-35-13-14-36-15-16-37-17-18-38-23-3-1-21(2-4-23)22-7-9-30(10-8-22)39(33,34)24-5-6-25-26(19-24)28-20-29-27(25)32/h1-6,19-20,22,31H,7-18H2,(H,28,29,32). The molecule has 12 heteroatoms. The van der Waals surface area contributed by atoms with E-state index in [4.69, 9.17) is 24.1 Å². The Labute approximate surface area is 227 Å². The van der Waals surface area contributed by atoms with E-state index in [2.05, 4.69) is 9.97 Å². The smallest absolute Gasteiger partial charge is 0.258 e. The second-order valence-electron chi connectivity index (χ2n) is 9.07. The third-order valence-corrected chi connectivity index (χ3v) is 8.43. The first-order valence-corrected chi connectivity index (χ1v) is 14.5. The average molecular weight is 562 g/mol. The SMILES string of the molecule is O=c1[nH]cnc2cc(S(=O)(=O)N3CCC(c4ccc(OCCOCCOCCOCCO)cc4)CC3)ccc12. The Balaban J connectivity index is 1.18. The van der Waals surface area contributed by atoms with Gasteiger partial charge in [0.1, 0.15) is 12.4 Å². The molecule has 3 aromatic rings. The maximum atomic E-state index is 13.2. The highest BCUT2D eigenvalue weighted by Crippen LogP contribution is 2.32. The summed E-state index contributed by atoms with van der Waals surface area (Å²) in [6.07, 6.45) is 2.71. The molecule has 1 fully saturated rings. The second-order valence-corrected chi connectivity index (χ2v) is 11.0. The number of sulfonamides is 1. The summed E-state index contributed by atoms with van der Waals surface area (Å²) < 4.78 is 49.6. The Morgan fingerprint density at radius 1 is 0.897 bits per heavy atom. The minimum absolute atomic E-state index is 0.00942. The zero-order valence-corrected chi connectivity index (χ0v) is 22.6. The van der Waals surface area contributed by atoms with Gasteiger partial charge in [0.2, 0.25) is 10.0 Å². The van der Waals surface area contributed by atoms with Gasteiger partial charge in [0.05, 0.1) is 68.4 Å². The molecule has 1 aliphatic rings. The molecule has 2 N–H and O–H groups in total. The number of H-pyrrole nitrogens is 1. The van der Waals surface area contributed by atoms with E-state index >= 15 is 0 Å². The van der Waals surface area contributed by atoms with Crippen molar-refractivity contribution in [2.45, 2.75) is 23.7 Å². The number of aromatic nitrogens is 2. The summed E-state index contributed by atoms with van der Waals surface area (Å²) in [4.78, 5) is 18.6. The third kappa shape index (κ3) is 8.07. The summed E-state index contributed by atoms with van der Waals surface area (Å²) in [6.45, 7) is 3.89. The summed E-state index contributed by atoms with van der Waals surface area (Å²) in [5, 5.41) is 8.97. The van der Waals surface area contributed by atoms with Crippen LogP contribution in [0.4, 0.5) is 0 Å². The van der Waals surface area contributed by atoms with Crippen molar-refractivity contribution in [2.75, 3.05) is 65.9 Å². The van der Waals surface area contributed by atoms with Crippen molar-refractivity contribution in [3.05, 3.63) is 64.7 Å². The zero-order valence-electron chi connectivity index (χ0n) is 21.8. The number of rotatable bonds is 15. The van der Waals surface area contributed by atoms with Gasteiger partial charge < -0.3 is 29.0 Å². The first kappa shape index (κ1) is 29.1. The predicted octanol–water partition coefficient (Wildman–Crippen LogP) is 1.91. The highest BCUT2D eigenvalue weighted by Gasteiger charge is 2.30. The number of ether oxygens (including phenoxy) is 4. The van der Waals surface area contributed by atoms with Gasteiger partial charge in [0.15, 0.2) is 0 Å². The lowest BCUT2D eigenvalue weighted by Gasteiger charge is -2.31. The number of nitrogens with zero attached hydrogens (tertiary/aromatic N) is 2.